The Morgan fingerprint density at radius 3 is 3.06 bits per heavy atom. The van der Waals surface area contributed by atoms with Crippen LogP contribution in [0.25, 0.3) is 0 Å². The molecule has 2 aliphatic rings. The Hall–Kier alpha value is -0.650. The smallest absolute Gasteiger partial charge is 0.304 e. The summed E-state index contributed by atoms with van der Waals surface area (Å²) in [5.41, 5.74) is 1.06. The summed E-state index contributed by atoms with van der Waals surface area (Å²) >= 11 is 1.26. The zero-order valence-electron chi connectivity index (χ0n) is 9.24. The summed E-state index contributed by atoms with van der Waals surface area (Å²) in [4.78, 5) is 16.4. The molecule has 88 valence electrons. The molecule has 0 bridgehead atoms. The second-order valence-corrected chi connectivity index (χ2v) is 5.65. The van der Waals surface area contributed by atoms with Crippen molar-refractivity contribution in [2.45, 2.75) is 25.4 Å². The van der Waals surface area contributed by atoms with E-state index in [0.29, 0.717) is 6.04 Å². The van der Waals surface area contributed by atoms with Crippen LogP contribution in [-0.4, -0.2) is 35.6 Å². The molecule has 0 aromatic carbocycles. The third-order valence-electron chi connectivity index (χ3n) is 3.45. The molecule has 0 amide bonds. The lowest BCUT2D eigenvalue weighted by Gasteiger charge is -2.33. The molecule has 1 saturated heterocycles. The minimum atomic E-state index is 0.0591. The Labute approximate surface area is 98.7 Å². The minimum absolute atomic E-state index is 0.0591. The molecule has 0 radical (unpaired) electrons. The van der Waals surface area contributed by atoms with Gasteiger partial charge in [0.2, 0.25) is 0 Å². The van der Waals surface area contributed by atoms with Crippen molar-refractivity contribution in [1.82, 2.24) is 15.2 Å². The van der Waals surface area contributed by atoms with Crippen molar-refractivity contribution >= 4 is 11.3 Å². The molecule has 3 rings (SSSR count). The highest BCUT2D eigenvalue weighted by Crippen LogP contribution is 2.33. The Kier molecular flexibility index (Phi) is 2.83. The number of H-pyrrole nitrogens is 1. The summed E-state index contributed by atoms with van der Waals surface area (Å²) in [6, 6.07) is 0.680. The molecule has 1 saturated carbocycles. The van der Waals surface area contributed by atoms with Crippen molar-refractivity contribution < 1.29 is 0 Å². The van der Waals surface area contributed by atoms with Gasteiger partial charge in [-0.3, -0.25) is 9.69 Å². The molecule has 4 nitrogen and oxygen atoms in total. The van der Waals surface area contributed by atoms with Crippen LogP contribution in [0.5, 0.6) is 0 Å². The van der Waals surface area contributed by atoms with E-state index in [1.165, 1.54) is 24.2 Å². The van der Waals surface area contributed by atoms with Crippen molar-refractivity contribution in [1.29, 1.82) is 0 Å². The third kappa shape index (κ3) is 2.36. The van der Waals surface area contributed by atoms with E-state index in [-0.39, 0.29) is 4.87 Å². The van der Waals surface area contributed by atoms with Crippen LogP contribution in [0.4, 0.5) is 0 Å². The third-order valence-corrected chi connectivity index (χ3v) is 4.16. The van der Waals surface area contributed by atoms with Gasteiger partial charge in [0, 0.05) is 43.3 Å². The quantitative estimate of drug-likeness (QED) is 0.813. The maximum atomic E-state index is 11.0. The second-order valence-electron chi connectivity index (χ2n) is 4.81. The van der Waals surface area contributed by atoms with E-state index in [2.05, 4.69) is 15.2 Å². The molecule has 16 heavy (non-hydrogen) atoms. The lowest BCUT2D eigenvalue weighted by Crippen LogP contribution is -2.51. The fourth-order valence-corrected chi connectivity index (χ4v) is 3.01. The molecule has 1 aliphatic heterocycles. The molecule has 2 N–H and O–H groups in total. The fourth-order valence-electron chi connectivity index (χ4n) is 2.43. The summed E-state index contributed by atoms with van der Waals surface area (Å²) in [6.45, 7) is 4.18. The zero-order valence-corrected chi connectivity index (χ0v) is 10.1. The SMILES string of the molecule is O=c1[nH]c(CN2CCNC(C3CC3)C2)cs1. The Morgan fingerprint density at radius 1 is 1.50 bits per heavy atom. The summed E-state index contributed by atoms with van der Waals surface area (Å²) in [5.74, 6) is 0.907. The summed E-state index contributed by atoms with van der Waals surface area (Å²) in [7, 11) is 0. The molecule has 0 spiro atoms. The van der Waals surface area contributed by atoms with Crippen LogP contribution in [0.3, 0.4) is 0 Å². The predicted molar refractivity (Wildman–Crippen MR) is 64.7 cm³/mol. The van der Waals surface area contributed by atoms with Crippen molar-refractivity contribution in [3.05, 3.63) is 20.7 Å². The average molecular weight is 239 g/mol. The number of piperazine rings is 1. The Balaban J connectivity index is 1.59. The van der Waals surface area contributed by atoms with Crippen molar-refractivity contribution in [2.24, 2.45) is 5.92 Å². The largest absolute Gasteiger partial charge is 0.315 e. The van der Waals surface area contributed by atoms with Gasteiger partial charge in [-0.2, -0.15) is 0 Å². The maximum absolute atomic E-state index is 11.0. The van der Waals surface area contributed by atoms with Gasteiger partial charge in [0.1, 0.15) is 0 Å². The average Bonchev–Trinajstić information content (AvgIpc) is 3.05. The molecule has 2 fully saturated rings. The molecular weight excluding hydrogens is 222 g/mol. The number of rotatable bonds is 3. The highest BCUT2D eigenvalue weighted by molar-refractivity contribution is 7.07. The van der Waals surface area contributed by atoms with Crippen LogP contribution in [0.1, 0.15) is 18.5 Å². The van der Waals surface area contributed by atoms with E-state index >= 15 is 0 Å². The Morgan fingerprint density at radius 2 is 2.38 bits per heavy atom. The molecular formula is C11H17N3OS. The van der Waals surface area contributed by atoms with Gasteiger partial charge >= 0.3 is 4.87 Å². The number of aromatic nitrogens is 1. The van der Waals surface area contributed by atoms with Gasteiger partial charge in [-0.05, 0) is 18.8 Å². The van der Waals surface area contributed by atoms with E-state index in [1.54, 1.807) is 0 Å². The van der Waals surface area contributed by atoms with Crippen LogP contribution in [0, 0.1) is 5.92 Å². The van der Waals surface area contributed by atoms with Gasteiger partial charge in [-0.15, -0.1) is 0 Å². The normalized spacial score (nSPS) is 27.1. The van der Waals surface area contributed by atoms with Crippen LogP contribution in [-0.2, 0) is 6.54 Å². The highest BCUT2D eigenvalue weighted by Gasteiger charge is 2.33. The fraction of sp³-hybridized carbons (Fsp3) is 0.727. The van der Waals surface area contributed by atoms with Crippen molar-refractivity contribution in [3.63, 3.8) is 0 Å². The van der Waals surface area contributed by atoms with Crippen LogP contribution in [0.2, 0.25) is 0 Å². The van der Waals surface area contributed by atoms with Crippen molar-refractivity contribution in [3.8, 4) is 0 Å². The lowest BCUT2D eigenvalue weighted by molar-refractivity contribution is 0.180. The minimum Gasteiger partial charge on any atom is -0.315 e. The van der Waals surface area contributed by atoms with E-state index in [9.17, 15) is 4.79 Å². The predicted octanol–water partition coefficient (Wildman–Crippen LogP) is 0.620. The summed E-state index contributed by atoms with van der Waals surface area (Å²) in [6.07, 6.45) is 2.78. The van der Waals surface area contributed by atoms with E-state index in [4.69, 9.17) is 0 Å². The number of nitrogens with one attached hydrogen (secondary N) is 2. The van der Waals surface area contributed by atoms with E-state index < -0.39 is 0 Å². The van der Waals surface area contributed by atoms with Gasteiger partial charge in [-0.1, -0.05) is 11.3 Å². The first-order chi connectivity index (χ1) is 7.81. The number of hydrogen-bond acceptors (Lipinski definition) is 4. The molecule has 1 unspecified atom stereocenters. The maximum Gasteiger partial charge on any atom is 0.304 e. The van der Waals surface area contributed by atoms with Gasteiger partial charge in [0.05, 0.1) is 0 Å². The molecule has 1 aliphatic carbocycles. The summed E-state index contributed by atoms with van der Waals surface area (Å²) in [5, 5.41) is 5.53. The number of aromatic amines is 1. The Bertz CT molecular complexity index is 409. The molecule has 2 heterocycles. The number of nitrogens with zero attached hydrogens (tertiary/aromatic N) is 1. The van der Waals surface area contributed by atoms with Crippen LogP contribution < -0.4 is 10.2 Å². The second kappa shape index (κ2) is 4.31. The van der Waals surface area contributed by atoms with Gasteiger partial charge in [-0.25, -0.2) is 0 Å². The summed E-state index contributed by atoms with van der Waals surface area (Å²) < 4.78 is 0. The van der Waals surface area contributed by atoms with Gasteiger partial charge in [0.25, 0.3) is 0 Å². The highest BCUT2D eigenvalue weighted by atomic mass is 32.1. The van der Waals surface area contributed by atoms with Crippen LogP contribution in [0.15, 0.2) is 10.2 Å². The molecule has 5 heteroatoms. The standard InChI is InChI=1S/C11H17N3OS/c15-11-13-9(7-16-11)5-14-4-3-12-10(6-14)8-1-2-8/h7-8,10,12H,1-6H2,(H,13,15). The molecule has 1 aromatic heterocycles. The monoisotopic (exact) mass is 239 g/mol. The molecule has 1 atom stereocenters. The zero-order chi connectivity index (χ0) is 11.0. The van der Waals surface area contributed by atoms with Crippen LogP contribution >= 0.6 is 11.3 Å². The van der Waals surface area contributed by atoms with E-state index in [0.717, 1.165) is 37.8 Å². The van der Waals surface area contributed by atoms with Crippen molar-refractivity contribution in [2.75, 3.05) is 19.6 Å². The lowest BCUT2D eigenvalue weighted by atomic mass is 10.1. The number of thiazole rings is 1. The number of hydrogen-bond donors (Lipinski definition) is 2. The topological polar surface area (TPSA) is 48.1 Å². The first kappa shape index (κ1) is 10.5. The molecule has 1 aromatic rings. The van der Waals surface area contributed by atoms with E-state index in [1.807, 2.05) is 5.38 Å². The first-order valence-electron chi connectivity index (χ1n) is 5.94. The van der Waals surface area contributed by atoms with Gasteiger partial charge < -0.3 is 10.3 Å². The first-order valence-corrected chi connectivity index (χ1v) is 6.81. The van der Waals surface area contributed by atoms with Gasteiger partial charge in [0.15, 0.2) is 0 Å².